The number of amides is 2. The third-order valence-electron chi connectivity index (χ3n) is 5.33. The fourth-order valence-electron chi connectivity index (χ4n) is 3.37. The van der Waals surface area contributed by atoms with Gasteiger partial charge in [0.2, 0.25) is 0 Å². The van der Waals surface area contributed by atoms with Gasteiger partial charge in [-0.25, -0.2) is 0 Å². The Hall–Kier alpha value is -3.84. The number of ether oxygens (including phenoxy) is 1. The van der Waals surface area contributed by atoms with Gasteiger partial charge in [-0.15, -0.1) is 0 Å². The zero-order chi connectivity index (χ0) is 25.4. The van der Waals surface area contributed by atoms with E-state index >= 15 is 0 Å². The second-order valence-electron chi connectivity index (χ2n) is 8.18. The van der Waals surface area contributed by atoms with Crippen LogP contribution in [-0.4, -0.2) is 38.0 Å². The highest BCUT2D eigenvalue weighted by molar-refractivity contribution is 6.33. The van der Waals surface area contributed by atoms with Gasteiger partial charge in [-0.1, -0.05) is 54.1 Å². The average Bonchev–Trinajstić information content (AvgIpc) is 2.84. The number of hydrogen-bond acceptors (Lipinski definition) is 5. The Balaban J connectivity index is 1.64. The van der Waals surface area contributed by atoms with Crippen LogP contribution in [0, 0.1) is 0 Å². The maximum Gasteiger partial charge on any atom is 0.309 e. The van der Waals surface area contributed by atoms with Gasteiger partial charge in [-0.05, 0) is 48.9 Å². The van der Waals surface area contributed by atoms with Gasteiger partial charge < -0.3 is 20.3 Å². The summed E-state index contributed by atoms with van der Waals surface area (Å²) in [6, 6.07) is 22.4. The lowest BCUT2D eigenvalue weighted by Crippen LogP contribution is -2.34. The Morgan fingerprint density at radius 2 is 1.54 bits per heavy atom. The fraction of sp³-hybridized carbons (Fsp3) is 0.222. The molecule has 182 valence electrons. The second-order valence-corrected chi connectivity index (χ2v) is 8.59. The standard InChI is InChI=1S/C27H28ClN3O4/c1-18(26(33)29-20-13-15-21(16-14-20)31(2)3)35-25(32)17-24(19-9-5-4-6-10-19)30-27(34)22-11-7-8-12-23(22)28/h4-16,18,24H,17H2,1-3H3,(H,29,33)(H,30,34). The van der Waals surface area contributed by atoms with E-state index in [-0.39, 0.29) is 6.42 Å². The van der Waals surface area contributed by atoms with Crippen LogP contribution in [0.15, 0.2) is 78.9 Å². The minimum atomic E-state index is -1.02. The SMILES string of the molecule is CC(OC(=O)CC(NC(=O)c1ccccc1Cl)c1ccccc1)C(=O)Nc1ccc(N(C)C)cc1. The third kappa shape index (κ3) is 7.32. The molecule has 0 heterocycles. The molecule has 2 atom stereocenters. The molecule has 0 aliphatic heterocycles. The number of nitrogens with one attached hydrogen (secondary N) is 2. The minimum absolute atomic E-state index is 0.157. The highest BCUT2D eigenvalue weighted by Crippen LogP contribution is 2.21. The second kappa shape index (κ2) is 12.0. The number of halogens is 1. The summed E-state index contributed by atoms with van der Waals surface area (Å²) in [5, 5.41) is 5.90. The van der Waals surface area contributed by atoms with Crippen LogP contribution in [0.5, 0.6) is 0 Å². The molecule has 0 aliphatic carbocycles. The quantitative estimate of drug-likeness (QED) is 0.416. The molecule has 0 spiro atoms. The summed E-state index contributed by atoms with van der Waals surface area (Å²) < 4.78 is 5.37. The molecule has 2 amide bonds. The first kappa shape index (κ1) is 25.8. The van der Waals surface area contributed by atoms with Crippen LogP contribution in [0.1, 0.15) is 35.3 Å². The maximum atomic E-state index is 12.8. The average molecular weight is 494 g/mol. The Morgan fingerprint density at radius 1 is 0.914 bits per heavy atom. The van der Waals surface area contributed by atoms with E-state index < -0.39 is 29.9 Å². The third-order valence-corrected chi connectivity index (χ3v) is 5.65. The summed E-state index contributed by atoms with van der Waals surface area (Å²) in [5.41, 5.74) is 2.62. The fourth-order valence-corrected chi connectivity index (χ4v) is 3.59. The van der Waals surface area contributed by atoms with Gasteiger partial charge in [0, 0.05) is 25.5 Å². The lowest BCUT2D eigenvalue weighted by Gasteiger charge is -2.20. The highest BCUT2D eigenvalue weighted by Gasteiger charge is 2.24. The van der Waals surface area contributed by atoms with E-state index in [1.807, 2.05) is 49.3 Å². The molecule has 2 N–H and O–H groups in total. The van der Waals surface area contributed by atoms with Crippen LogP contribution in [0.3, 0.4) is 0 Å². The van der Waals surface area contributed by atoms with E-state index in [2.05, 4.69) is 10.6 Å². The summed E-state index contributed by atoms with van der Waals surface area (Å²) in [6.45, 7) is 1.50. The molecule has 35 heavy (non-hydrogen) atoms. The number of esters is 1. The molecule has 0 radical (unpaired) electrons. The zero-order valence-electron chi connectivity index (χ0n) is 19.8. The van der Waals surface area contributed by atoms with Gasteiger partial charge >= 0.3 is 5.97 Å². The van der Waals surface area contributed by atoms with E-state index in [1.54, 1.807) is 48.5 Å². The molecule has 2 unspecified atom stereocenters. The van der Waals surface area contributed by atoms with Crippen molar-refractivity contribution in [1.29, 1.82) is 0 Å². The number of anilines is 2. The molecule has 7 nitrogen and oxygen atoms in total. The van der Waals surface area contributed by atoms with Crippen molar-refractivity contribution in [3.8, 4) is 0 Å². The number of carbonyl (C=O) groups is 3. The van der Waals surface area contributed by atoms with Crippen molar-refractivity contribution < 1.29 is 19.1 Å². The normalized spacial score (nSPS) is 12.2. The number of nitrogens with zero attached hydrogens (tertiary/aromatic N) is 1. The first-order valence-electron chi connectivity index (χ1n) is 11.1. The van der Waals surface area contributed by atoms with Gasteiger partial charge in [0.05, 0.1) is 23.0 Å². The number of carbonyl (C=O) groups excluding carboxylic acids is 3. The van der Waals surface area contributed by atoms with E-state index in [0.717, 1.165) is 11.3 Å². The van der Waals surface area contributed by atoms with Gasteiger partial charge in [0.25, 0.3) is 11.8 Å². The van der Waals surface area contributed by atoms with Gasteiger partial charge in [0.1, 0.15) is 0 Å². The van der Waals surface area contributed by atoms with Crippen molar-refractivity contribution in [3.05, 3.63) is 95.0 Å². The summed E-state index contributed by atoms with van der Waals surface area (Å²) in [6.07, 6.45) is -1.18. The Kier molecular flexibility index (Phi) is 8.86. The Labute approximate surface area is 210 Å². The Bertz CT molecular complexity index is 1170. The lowest BCUT2D eigenvalue weighted by molar-refractivity contribution is -0.153. The molecule has 0 aromatic heterocycles. The van der Waals surface area contributed by atoms with Crippen molar-refractivity contribution in [3.63, 3.8) is 0 Å². The van der Waals surface area contributed by atoms with E-state index in [1.165, 1.54) is 6.92 Å². The van der Waals surface area contributed by atoms with Crippen LogP contribution in [0.2, 0.25) is 5.02 Å². The summed E-state index contributed by atoms with van der Waals surface area (Å²) >= 11 is 6.15. The first-order valence-corrected chi connectivity index (χ1v) is 11.5. The largest absolute Gasteiger partial charge is 0.452 e. The number of benzene rings is 3. The first-order chi connectivity index (χ1) is 16.7. The molecule has 0 saturated heterocycles. The van der Waals surface area contributed by atoms with Crippen LogP contribution < -0.4 is 15.5 Å². The van der Waals surface area contributed by atoms with Crippen molar-refractivity contribution in [2.24, 2.45) is 0 Å². The van der Waals surface area contributed by atoms with Crippen molar-refractivity contribution in [2.45, 2.75) is 25.5 Å². The van der Waals surface area contributed by atoms with Crippen molar-refractivity contribution >= 4 is 40.8 Å². The summed E-state index contributed by atoms with van der Waals surface area (Å²) in [5.74, 6) is -1.49. The van der Waals surface area contributed by atoms with Crippen LogP contribution in [-0.2, 0) is 14.3 Å². The smallest absolute Gasteiger partial charge is 0.309 e. The van der Waals surface area contributed by atoms with E-state index in [4.69, 9.17) is 16.3 Å². The molecule has 3 rings (SSSR count). The van der Waals surface area contributed by atoms with E-state index in [0.29, 0.717) is 16.3 Å². The molecule has 8 heteroatoms. The predicted molar refractivity (Wildman–Crippen MR) is 138 cm³/mol. The highest BCUT2D eigenvalue weighted by atomic mass is 35.5. The molecule has 0 aliphatic rings. The van der Waals surface area contributed by atoms with Gasteiger partial charge in [0.15, 0.2) is 6.10 Å². The van der Waals surface area contributed by atoms with Crippen LogP contribution >= 0.6 is 11.6 Å². The molecule has 3 aromatic carbocycles. The molecule has 0 saturated carbocycles. The number of rotatable bonds is 9. The summed E-state index contributed by atoms with van der Waals surface area (Å²) in [7, 11) is 3.85. The van der Waals surface area contributed by atoms with Gasteiger partial charge in [-0.3, -0.25) is 14.4 Å². The molecular formula is C27H28ClN3O4. The molecule has 0 fully saturated rings. The molecular weight excluding hydrogens is 466 g/mol. The van der Waals surface area contributed by atoms with Gasteiger partial charge in [-0.2, -0.15) is 0 Å². The molecule has 3 aromatic rings. The predicted octanol–water partition coefficient (Wildman–Crippen LogP) is 4.84. The lowest BCUT2D eigenvalue weighted by atomic mass is 10.0. The topological polar surface area (TPSA) is 87.7 Å². The number of hydrogen-bond donors (Lipinski definition) is 2. The van der Waals surface area contributed by atoms with Crippen molar-refractivity contribution in [2.75, 3.05) is 24.3 Å². The van der Waals surface area contributed by atoms with Crippen LogP contribution in [0.25, 0.3) is 0 Å². The maximum absolute atomic E-state index is 12.8. The zero-order valence-corrected chi connectivity index (χ0v) is 20.6. The minimum Gasteiger partial charge on any atom is -0.452 e. The van der Waals surface area contributed by atoms with Crippen LogP contribution in [0.4, 0.5) is 11.4 Å². The summed E-state index contributed by atoms with van der Waals surface area (Å²) in [4.78, 5) is 40.0. The molecule has 0 bridgehead atoms. The monoisotopic (exact) mass is 493 g/mol. The Morgan fingerprint density at radius 3 is 2.17 bits per heavy atom. The van der Waals surface area contributed by atoms with Crippen molar-refractivity contribution in [1.82, 2.24) is 5.32 Å². The van der Waals surface area contributed by atoms with E-state index in [9.17, 15) is 14.4 Å².